The Morgan fingerprint density at radius 3 is 2.80 bits per heavy atom. The minimum Gasteiger partial charge on any atom is -0.506 e. The lowest BCUT2D eigenvalue weighted by molar-refractivity contribution is 0.470. The molecule has 0 atom stereocenters. The minimum absolute atomic E-state index is 0.182. The van der Waals surface area contributed by atoms with E-state index < -0.39 is 0 Å². The molecule has 3 N–H and O–H groups in total. The van der Waals surface area contributed by atoms with E-state index in [4.69, 9.17) is 5.73 Å². The predicted octanol–water partition coefficient (Wildman–Crippen LogP) is 2.74. The summed E-state index contributed by atoms with van der Waals surface area (Å²) in [6.07, 6.45) is 3.10. The molecule has 0 saturated carbocycles. The van der Waals surface area contributed by atoms with E-state index in [1.165, 1.54) is 6.21 Å². The average molecular weight is 492 g/mol. The number of halogens is 2. The number of hydrogen-bond donors (Lipinski definition) is 2. The molecular weight excluding hydrogens is 482 g/mol. The van der Waals surface area contributed by atoms with E-state index in [2.05, 4.69) is 60.4 Å². The monoisotopic (exact) mass is 492 g/mol. The van der Waals surface area contributed by atoms with Crippen molar-refractivity contribution >= 4 is 57.2 Å². The lowest BCUT2D eigenvalue weighted by atomic mass is 10.2. The Hall–Kier alpha value is -1.23. The number of phenolic OH excluding ortho intramolecular Hbond substituents is 1. The quantitative estimate of drug-likeness (QED) is 0.300. The Kier molecular flexibility index (Phi) is 5.29. The average Bonchev–Trinajstić information content (AvgIpc) is 2.44. The van der Waals surface area contributed by atoms with Gasteiger partial charge in [-0.05, 0) is 69.4 Å². The van der Waals surface area contributed by atoms with Gasteiger partial charge in [-0.2, -0.15) is 5.10 Å². The Balaban J connectivity index is 2.23. The van der Waals surface area contributed by atoms with E-state index >= 15 is 0 Å². The van der Waals surface area contributed by atoms with Crippen molar-refractivity contribution in [3.05, 3.63) is 54.9 Å². The summed E-state index contributed by atoms with van der Waals surface area (Å²) in [6.45, 7) is 0. The maximum atomic E-state index is 9.91. The fourth-order valence-electron chi connectivity index (χ4n) is 1.40. The second-order valence-corrected chi connectivity index (χ2v) is 6.18. The van der Waals surface area contributed by atoms with Gasteiger partial charge < -0.3 is 10.8 Å². The van der Waals surface area contributed by atoms with Crippen LogP contribution in [0.3, 0.4) is 0 Å². The Bertz CT molecular complexity index is 672. The molecule has 20 heavy (non-hydrogen) atoms. The number of aromatic nitrogens is 1. The van der Waals surface area contributed by atoms with Crippen LogP contribution in [-0.4, -0.2) is 22.1 Å². The number of rotatable bonds is 3. The zero-order valence-electron chi connectivity index (χ0n) is 10.2. The molecule has 0 amide bonds. The van der Waals surface area contributed by atoms with Gasteiger partial charge in [-0.1, -0.05) is 6.07 Å². The minimum atomic E-state index is 0.182. The van der Waals surface area contributed by atoms with E-state index in [-0.39, 0.29) is 11.6 Å². The number of benzene rings is 1. The number of nitrogens with two attached hydrogens (primary N) is 1. The van der Waals surface area contributed by atoms with E-state index in [1.807, 2.05) is 18.2 Å². The van der Waals surface area contributed by atoms with Crippen molar-refractivity contribution in [2.75, 3.05) is 0 Å². The third-order valence-corrected chi connectivity index (χ3v) is 3.79. The van der Waals surface area contributed by atoms with Gasteiger partial charge in [0.15, 0.2) is 5.84 Å². The summed E-state index contributed by atoms with van der Waals surface area (Å²) in [5.74, 6) is 0.406. The van der Waals surface area contributed by atoms with Crippen LogP contribution in [0.5, 0.6) is 5.75 Å². The summed E-state index contributed by atoms with van der Waals surface area (Å²) in [7, 11) is 0. The molecule has 0 spiro atoms. The van der Waals surface area contributed by atoms with Crippen molar-refractivity contribution in [1.82, 2.24) is 4.98 Å². The molecule has 1 aromatic carbocycles. The van der Waals surface area contributed by atoms with Gasteiger partial charge in [0, 0.05) is 15.3 Å². The molecule has 0 aliphatic heterocycles. The van der Waals surface area contributed by atoms with Crippen molar-refractivity contribution < 1.29 is 5.11 Å². The van der Waals surface area contributed by atoms with Crippen molar-refractivity contribution in [1.29, 1.82) is 0 Å². The highest BCUT2D eigenvalue weighted by atomic mass is 127. The van der Waals surface area contributed by atoms with Crippen LogP contribution in [0.1, 0.15) is 11.3 Å². The molecule has 5 nitrogen and oxygen atoms in total. The van der Waals surface area contributed by atoms with E-state index in [0.29, 0.717) is 11.3 Å². The first-order valence-electron chi connectivity index (χ1n) is 5.54. The maximum absolute atomic E-state index is 9.91. The molecule has 102 valence electrons. The number of hydrogen-bond acceptors (Lipinski definition) is 4. The summed E-state index contributed by atoms with van der Waals surface area (Å²) in [6, 6.07) is 9.06. The fraction of sp³-hybridized carbons (Fsp3) is 0. The molecule has 0 saturated heterocycles. The smallest absolute Gasteiger partial charge is 0.171 e. The molecular formula is C13H10I2N4O. The summed E-state index contributed by atoms with van der Waals surface area (Å²) in [5, 5.41) is 17.7. The number of phenols is 1. The van der Waals surface area contributed by atoms with Crippen molar-refractivity contribution in [3.63, 3.8) is 0 Å². The first kappa shape index (κ1) is 15.2. The van der Waals surface area contributed by atoms with Gasteiger partial charge in [-0.3, -0.25) is 4.98 Å². The van der Waals surface area contributed by atoms with Crippen LogP contribution in [0.2, 0.25) is 0 Å². The summed E-state index contributed by atoms with van der Waals surface area (Å²) in [5.41, 5.74) is 6.92. The van der Waals surface area contributed by atoms with E-state index in [0.717, 1.165) is 7.14 Å². The highest BCUT2D eigenvalue weighted by Crippen LogP contribution is 2.25. The Labute approximate surface area is 143 Å². The molecule has 7 heteroatoms. The predicted molar refractivity (Wildman–Crippen MR) is 96.1 cm³/mol. The van der Waals surface area contributed by atoms with Gasteiger partial charge in [0.25, 0.3) is 0 Å². The lowest BCUT2D eigenvalue weighted by Gasteiger charge is -2.02. The SMILES string of the molecule is N/C(=N\N=C\c1cc(I)cc(I)c1O)c1ccccn1. The first-order valence-corrected chi connectivity index (χ1v) is 7.69. The topological polar surface area (TPSA) is 83.9 Å². The van der Waals surface area contributed by atoms with Crippen LogP contribution in [0.15, 0.2) is 46.7 Å². The zero-order chi connectivity index (χ0) is 14.5. The molecule has 0 bridgehead atoms. The molecule has 0 unspecified atom stereocenters. The second-order valence-electron chi connectivity index (χ2n) is 3.77. The van der Waals surface area contributed by atoms with Crippen LogP contribution in [0.4, 0.5) is 0 Å². The highest BCUT2D eigenvalue weighted by molar-refractivity contribution is 14.1. The number of nitrogens with zero attached hydrogens (tertiary/aromatic N) is 3. The van der Waals surface area contributed by atoms with Crippen LogP contribution in [-0.2, 0) is 0 Å². The van der Waals surface area contributed by atoms with Crippen molar-refractivity contribution in [2.24, 2.45) is 15.9 Å². The molecule has 0 fully saturated rings. The van der Waals surface area contributed by atoms with Crippen LogP contribution < -0.4 is 5.73 Å². The number of amidine groups is 1. The molecule has 2 rings (SSSR count). The van der Waals surface area contributed by atoms with Gasteiger partial charge in [0.1, 0.15) is 11.4 Å². The molecule has 1 heterocycles. The van der Waals surface area contributed by atoms with Crippen molar-refractivity contribution in [2.45, 2.75) is 0 Å². The van der Waals surface area contributed by atoms with Gasteiger partial charge in [0.2, 0.25) is 0 Å². The van der Waals surface area contributed by atoms with E-state index in [1.54, 1.807) is 18.3 Å². The fourth-order valence-corrected chi connectivity index (χ4v) is 3.29. The van der Waals surface area contributed by atoms with Gasteiger partial charge >= 0.3 is 0 Å². The Morgan fingerprint density at radius 1 is 1.30 bits per heavy atom. The molecule has 1 aromatic heterocycles. The third kappa shape index (κ3) is 3.88. The Morgan fingerprint density at radius 2 is 2.10 bits per heavy atom. The highest BCUT2D eigenvalue weighted by Gasteiger charge is 2.05. The zero-order valence-corrected chi connectivity index (χ0v) is 14.5. The second kappa shape index (κ2) is 6.97. The van der Waals surface area contributed by atoms with E-state index in [9.17, 15) is 5.11 Å². The summed E-state index contributed by atoms with van der Waals surface area (Å²) >= 11 is 4.24. The lowest BCUT2D eigenvalue weighted by Crippen LogP contribution is -2.14. The summed E-state index contributed by atoms with van der Waals surface area (Å²) < 4.78 is 1.77. The molecule has 0 aliphatic rings. The van der Waals surface area contributed by atoms with Crippen LogP contribution >= 0.6 is 45.2 Å². The number of pyridine rings is 1. The van der Waals surface area contributed by atoms with Crippen LogP contribution in [0.25, 0.3) is 0 Å². The maximum Gasteiger partial charge on any atom is 0.171 e. The first-order chi connectivity index (χ1) is 9.58. The summed E-state index contributed by atoms with van der Waals surface area (Å²) in [4.78, 5) is 4.07. The normalized spacial score (nSPS) is 12.0. The molecule has 2 aromatic rings. The number of aromatic hydroxyl groups is 1. The van der Waals surface area contributed by atoms with Crippen LogP contribution in [0, 0.1) is 7.14 Å². The third-order valence-electron chi connectivity index (χ3n) is 2.35. The van der Waals surface area contributed by atoms with Gasteiger partial charge in [-0.15, -0.1) is 5.10 Å². The van der Waals surface area contributed by atoms with Gasteiger partial charge in [-0.25, -0.2) is 0 Å². The van der Waals surface area contributed by atoms with Crippen molar-refractivity contribution in [3.8, 4) is 5.75 Å². The molecule has 0 aliphatic carbocycles. The largest absolute Gasteiger partial charge is 0.506 e. The van der Waals surface area contributed by atoms with Gasteiger partial charge in [0.05, 0.1) is 9.78 Å². The standard InChI is InChI=1S/C13H10I2N4O/c14-9-5-8(12(20)10(15)6-9)7-18-19-13(16)11-3-1-2-4-17-11/h1-7,20H,(H2,16,19)/b18-7+. The molecule has 0 radical (unpaired) electrons.